The first-order valence-corrected chi connectivity index (χ1v) is 6.35. The van der Waals surface area contributed by atoms with Gasteiger partial charge in [-0.25, -0.2) is 4.39 Å². The van der Waals surface area contributed by atoms with Gasteiger partial charge in [0.1, 0.15) is 5.82 Å². The van der Waals surface area contributed by atoms with Crippen molar-refractivity contribution in [3.05, 3.63) is 34.6 Å². The standard InChI is InChI=1S/C10H12ClFIN/c11-9-3-2-8(10(12)6-9)7-14-5-1-4-13/h2-3,6,14H,1,4-5,7H2. The van der Waals surface area contributed by atoms with Crippen LogP contribution in [-0.4, -0.2) is 11.0 Å². The van der Waals surface area contributed by atoms with Gasteiger partial charge < -0.3 is 5.32 Å². The van der Waals surface area contributed by atoms with Gasteiger partial charge in [-0.15, -0.1) is 0 Å². The van der Waals surface area contributed by atoms with Gasteiger partial charge in [0.15, 0.2) is 0 Å². The summed E-state index contributed by atoms with van der Waals surface area (Å²) in [5.74, 6) is -0.237. The fourth-order valence-electron chi connectivity index (χ4n) is 1.08. The molecular weight excluding hydrogens is 315 g/mol. The van der Waals surface area contributed by atoms with E-state index in [-0.39, 0.29) is 5.82 Å². The van der Waals surface area contributed by atoms with Gasteiger partial charge in [0, 0.05) is 21.6 Å². The molecule has 0 aliphatic carbocycles. The lowest BCUT2D eigenvalue weighted by molar-refractivity contribution is 0.587. The monoisotopic (exact) mass is 327 g/mol. The zero-order chi connectivity index (χ0) is 10.4. The zero-order valence-corrected chi connectivity index (χ0v) is 10.6. The third kappa shape index (κ3) is 4.11. The fourth-order valence-corrected chi connectivity index (χ4v) is 1.62. The molecule has 0 unspecified atom stereocenters. The minimum Gasteiger partial charge on any atom is -0.313 e. The van der Waals surface area contributed by atoms with Crippen LogP contribution in [0.4, 0.5) is 4.39 Å². The quantitative estimate of drug-likeness (QED) is 0.496. The summed E-state index contributed by atoms with van der Waals surface area (Å²) in [6.45, 7) is 1.49. The number of hydrogen-bond donors (Lipinski definition) is 1. The number of alkyl halides is 1. The molecule has 0 heterocycles. The van der Waals surface area contributed by atoms with Crippen molar-refractivity contribution in [2.24, 2.45) is 0 Å². The highest BCUT2D eigenvalue weighted by Gasteiger charge is 2.01. The van der Waals surface area contributed by atoms with E-state index in [1.165, 1.54) is 6.07 Å². The van der Waals surface area contributed by atoms with Gasteiger partial charge in [-0.05, 0) is 25.1 Å². The average molecular weight is 328 g/mol. The lowest BCUT2D eigenvalue weighted by atomic mass is 10.2. The molecule has 78 valence electrons. The Bertz CT molecular complexity index is 293. The van der Waals surface area contributed by atoms with E-state index in [1.54, 1.807) is 12.1 Å². The second-order valence-electron chi connectivity index (χ2n) is 2.96. The Morgan fingerprint density at radius 2 is 2.21 bits per heavy atom. The molecule has 4 heteroatoms. The lowest BCUT2D eigenvalue weighted by Crippen LogP contribution is -2.15. The SMILES string of the molecule is Fc1cc(Cl)ccc1CNCCCI. The average Bonchev–Trinajstić information content (AvgIpc) is 2.15. The summed E-state index contributed by atoms with van der Waals surface area (Å²) in [6.07, 6.45) is 1.11. The maximum Gasteiger partial charge on any atom is 0.129 e. The van der Waals surface area contributed by atoms with E-state index in [1.807, 2.05) is 0 Å². The number of halogens is 3. The van der Waals surface area contributed by atoms with E-state index in [2.05, 4.69) is 27.9 Å². The second kappa shape index (κ2) is 6.58. The summed E-state index contributed by atoms with van der Waals surface area (Å²) in [5, 5.41) is 3.62. The topological polar surface area (TPSA) is 12.0 Å². The molecule has 0 amide bonds. The highest BCUT2D eigenvalue weighted by molar-refractivity contribution is 14.1. The summed E-state index contributed by atoms with van der Waals surface area (Å²) >= 11 is 7.96. The largest absolute Gasteiger partial charge is 0.313 e. The zero-order valence-electron chi connectivity index (χ0n) is 7.69. The van der Waals surface area contributed by atoms with Crippen LogP contribution in [0.15, 0.2) is 18.2 Å². The molecule has 14 heavy (non-hydrogen) atoms. The number of nitrogens with one attached hydrogen (secondary N) is 1. The molecule has 0 aliphatic heterocycles. The molecule has 1 rings (SSSR count). The smallest absolute Gasteiger partial charge is 0.129 e. The van der Waals surface area contributed by atoms with Gasteiger partial charge in [-0.1, -0.05) is 40.3 Å². The van der Waals surface area contributed by atoms with Crippen molar-refractivity contribution < 1.29 is 4.39 Å². The van der Waals surface area contributed by atoms with E-state index in [4.69, 9.17) is 11.6 Å². The molecule has 1 aromatic rings. The molecule has 1 N–H and O–H groups in total. The molecule has 0 radical (unpaired) electrons. The van der Waals surface area contributed by atoms with Crippen molar-refractivity contribution in [2.45, 2.75) is 13.0 Å². The molecule has 1 aromatic carbocycles. The maximum absolute atomic E-state index is 13.2. The van der Waals surface area contributed by atoms with Gasteiger partial charge in [-0.2, -0.15) is 0 Å². The predicted molar refractivity (Wildman–Crippen MR) is 66.6 cm³/mol. The lowest BCUT2D eigenvalue weighted by Gasteiger charge is -2.05. The Kier molecular flexibility index (Phi) is 5.74. The first-order chi connectivity index (χ1) is 6.74. The predicted octanol–water partition coefficient (Wildman–Crippen LogP) is 3.39. The van der Waals surface area contributed by atoms with Gasteiger partial charge >= 0.3 is 0 Å². The minimum atomic E-state index is -0.237. The summed E-state index contributed by atoms with van der Waals surface area (Å²) in [6, 6.07) is 4.77. The Hall–Kier alpha value is 0.130. The molecule has 0 spiro atoms. The minimum absolute atomic E-state index is 0.237. The first kappa shape index (κ1) is 12.2. The van der Waals surface area contributed by atoms with E-state index >= 15 is 0 Å². The van der Waals surface area contributed by atoms with E-state index in [9.17, 15) is 4.39 Å². The second-order valence-corrected chi connectivity index (χ2v) is 4.47. The summed E-state index contributed by atoms with van der Waals surface area (Å²) < 4.78 is 14.4. The van der Waals surface area contributed by atoms with Crippen LogP contribution in [0.1, 0.15) is 12.0 Å². The molecule has 1 nitrogen and oxygen atoms in total. The molecule has 0 fully saturated rings. The van der Waals surface area contributed by atoms with Crippen LogP contribution >= 0.6 is 34.2 Å². The highest BCUT2D eigenvalue weighted by atomic mass is 127. The van der Waals surface area contributed by atoms with Crippen LogP contribution in [0.5, 0.6) is 0 Å². The Morgan fingerprint density at radius 1 is 1.43 bits per heavy atom. The van der Waals surface area contributed by atoms with Crippen LogP contribution < -0.4 is 5.32 Å². The summed E-state index contributed by atoms with van der Waals surface area (Å²) in [4.78, 5) is 0. The molecular formula is C10H12ClFIN. The van der Waals surface area contributed by atoms with E-state index in [0.717, 1.165) is 17.4 Å². The van der Waals surface area contributed by atoms with Crippen LogP contribution in [0, 0.1) is 5.82 Å². The fraction of sp³-hybridized carbons (Fsp3) is 0.400. The van der Waals surface area contributed by atoms with Crippen LogP contribution in [0.25, 0.3) is 0 Å². The molecule has 0 saturated heterocycles. The maximum atomic E-state index is 13.2. The van der Waals surface area contributed by atoms with Crippen molar-refractivity contribution >= 4 is 34.2 Å². The summed E-state index contributed by atoms with van der Waals surface area (Å²) in [5.41, 5.74) is 0.669. The van der Waals surface area contributed by atoms with Gasteiger partial charge in [0.2, 0.25) is 0 Å². The van der Waals surface area contributed by atoms with Gasteiger partial charge in [0.05, 0.1) is 0 Å². The van der Waals surface area contributed by atoms with Gasteiger partial charge in [-0.3, -0.25) is 0 Å². The molecule has 0 aromatic heterocycles. The van der Waals surface area contributed by atoms with Crippen molar-refractivity contribution in [1.82, 2.24) is 5.32 Å². The van der Waals surface area contributed by atoms with Crippen LogP contribution in [-0.2, 0) is 6.54 Å². The van der Waals surface area contributed by atoms with Crippen LogP contribution in [0.3, 0.4) is 0 Å². The number of benzene rings is 1. The number of rotatable bonds is 5. The number of hydrogen-bond acceptors (Lipinski definition) is 1. The highest BCUT2D eigenvalue weighted by Crippen LogP contribution is 2.14. The normalized spacial score (nSPS) is 10.5. The van der Waals surface area contributed by atoms with Crippen molar-refractivity contribution in [3.8, 4) is 0 Å². The Balaban J connectivity index is 2.42. The van der Waals surface area contributed by atoms with Crippen LogP contribution in [0.2, 0.25) is 5.02 Å². The van der Waals surface area contributed by atoms with Gasteiger partial charge in [0.25, 0.3) is 0 Å². The van der Waals surface area contributed by atoms with E-state index in [0.29, 0.717) is 17.1 Å². The third-order valence-electron chi connectivity index (χ3n) is 1.82. The van der Waals surface area contributed by atoms with E-state index < -0.39 is 0 Å². The third-order valence-corrected chi connectivity index (χ3v) is 2.82. The summed E-state index contributed by atoms with van der Waals surface area (Å²) in [7, 11) is 0. The Labute approximate surface area is 102 Å². The molecule has 0 saturated carbocycles. The Morgan fingerprint density at radius 3 is 2.86 bits per heavy atom. The molecule has 0 atom stereocenters. The van der Waals surface area contributed by atoms with Crippen molar-refractivity contribution in [2.75, 3.05) is 11.0 Å². The first-order valence-electron chi connectivity index (χ1n) is 4.44. The molecule has 0 bridgehead atoms. The molecule has 0 aliphatic rings. The van der Waals surface area contributed by atoms with Crippen molar-refractivity contribution in [1.29, 1.82) is 0 Å². The van der Waals surface area contributed by atoms with Crippen molar-refractivity contribution in [3.63, 3.8) is 0 Å².